The van der Waals surface area contributed by atoms with Gasteiger partial charge in [-0.15, -0.1) is 0 Å². The largest absolute Gasteiger partial charge is 0.496 e. The summed E-state index contributed by atoms with van der Waals surface area (Å²) in [6.45, 7) is 1.90. The Hall–Kier alpha value is -2.20. The first-order valence-electron chi connectivity index (χ1n) is 8.16. The molecule has 0 spiro atoms. The van der Waals surface area contributed by atoms with Crippen LogP contribution in [0.3, 0.4) is 0 Å². The number of methoxy groups -OCH3 is 1. The van der Waals surface area contributed by atoms with Gasteiger partial charge in [0.25, 0.3) is 0 Å². The van der Waals surface area contributed by atoms with Crippen LogP contribution in [0.2, 0.25) is 5.02 Å². The smallest absolute Gasteiger partial charge is 0.151 e. The number of rotatable bonds is 4. The van der Waals surface area contributed by atoms with Crippen molar-refractivity contribution in [1.82, 2.24) is 0 Å². The minimum absolute atomic E-state index is 0.0952. The Kier molecular flexibility index (Phi) is 4.91. The van der Waals surface area contributed by atoms with Crippen molar-refractivity contribution in [3.8, 4) is 16.9 Å². The van der Waals surface area contributed by atoms with Crippen molar-refractivity contribution in [3.05, 3.63) is 52.8 Å². The van der Waals surface area contributed by atoms with Crippen molar-refractivity contribution < 1.29 is 18.7 Å². The lowest BCUT2D eigenvalue weighted by molar-refractivity contribution is -0.124. The molecule has 5 heteroatoms. The van der Waals surface area contributed by atoms with Crippen LogP contribution in [0.4, 0.5) is 4.39 Å². The van der Waals surface area contributed by atoms with Gasteiger partial charge >= 0.3 is 0 Å². The average Bonchev–Trinajstić information content (AvgIpc) is 2.88. The molecule has 2 atom stereocenters. The van der Waals surface area contributed by atoms with E-state index in [4.69, 9.17) is 16.3 Å². The summed E-state index contributed by atoms with van der Waals surface area (Å²) < 4.78 is 18.6. The first kappa shape index (κ1) is 17.6. The van der Waals surface area contributed by atoms with Gasteiger partial charge in [-0.05, 0) is 41.8 Å². The van der Waals surface area contributed by atoms with Crippen LogP contribution < -0.4 is 4.74 Å². The van der Waals surface area contributed by atoms with E-state index in [2.05, 4.69) is 0 Å². The number of carbonyl (C=O) groups is 2. The third kappa shape index (κ3) is 3.19. The van der Waals surface area contributed by atoms with Crippen LogP contribution in [-0.2, 0) is 9.59 Å². The normalized spacial score (nSPS) is 20.2. The van der Waals surface area contributed by atoms with E-state index in [0.717, 1.165) is 11.1 Å². The summed E-state index contributed by atoms with van der Waals surface area (Å²) in [5, 5.41) is 0.308. The summed E-state index contributed by atoms with van der Waals surface area (Å²) in [4.78, 5) is 25.0. The molecule has 0 bridgehead atoms. The van der Waals surface area contributed by atoms with Crippen molar-refractivity contribution in [2.24, 2.45) is 5.92 Å². The van der Waals surface area contributed by atoms with Crippen molar-refractivity contribution in [2.75, 3.05) is 7.11 Å². The van der Waals surface area contributed by atoms with Crippen molar-refractivity contribution >= 4 is 23.2 Å². The van der Waals surface area contributed by atoms with E-state index in [1.807, 2.05) is 6.92 Å². The fraction of sp³-hybridized carbons (Fsp3) is 0.300. The van der Waals surface area contributed by atoms with E-state index in [1.54, 1.807) is 24.3 Å². The SMILES string of the molecule is CCC1CC(=O)C(c2c(Cl)cc(-c3ccc(F)cc3)cc2OC)C1=O. The molecule has 1 fully saturated rings. The second-order valence-electron chi connectivity index (χ2n) is 6.19. The Bertz CT molecular complexity index is 830. The highest BCUT2D eigenvalue weighted by Crippen LogP contribution is 2.43. The summed E-state index contributed by atoms with van der Waals surface area (Å²) in [6.07, 6.45) is 0.883. The fourth-order valence-electron chi connectivity index (χ4n) is 3.36. The predicted octanol–water partition coefficient (Wildman–Crippen LogP) is 4.81. The molecular formula is C20H18ClFO3. The zero-order valence-electron chi connectivity index (χ0n) is 14.0. The zero-order chi connectivity index (χ0) is 18.1. The van der Waals surface area contributed by atoms with Crippen LogP contribution in [0, 0.1) is 11.7 Å². The lowest BCUT2D eigenvalue weighted by Crippen LogP contribution is -2.16. The van der Waals surface area contributed by atoms with E-state index in [9.17, 15) is 14.0 Å². The zero-order valence-corrected chi connectivity index (χ0v) is 14.8. The van der Waals surface area contributed by atoms with Gasteiger partial charge in [0, 0.05) is 22.9 Å². The van der Waals surface area contributed by atoms with E-state index in [1.165, 1.54) is 19.2 Å². The molecule has 1 aliphatic rings. The molecule has 2 aromatic carbocycles. The number of ketones is 2. The van der Waals surface area contributed by atoms with Gasteiger partial charge in [0.1, 0.15) is 23.3 Å². The number of ether oxygens (including phenoxy) is 1. The summed E-state index contributed by atoms with van der Waals surface area (Å²) in [6, 6.07) is 9.41. The topological polar surface area (TPSA) is 43.4 Å². The van der Waals surface area contributed by atoms with E-state index in [0.29, 0.717) is 22.8 Å². The van der Waals surface area contributed by atoms with Gasteiger partial charge in [0.05, 0.1) is 7.11 Å². The molecule has 3 rings (SSSR count). The molecule has 0 amide bonds. The molecule has 0 N–H and O–H groups in total. The van der Waals surface area contributed by atoms with Crippen LogP contribution >= 0.6 is 11.6 Å². The molecule has 0 aromatic heterocycles. The number of hydrogen-bond donors (Lipinski definition) is 0. The first-order valence-corrected chi connectivity index (χ1v) is 8.53. The van der Waals surface area contributed by atoms with Crippen LogP contribution in [-0.4, -0.2) is 18.7 Å². The molecule has 25 heavy (non-hydrogen) atoms. The van der Waals surface area contributed by atoms with Gasteiger partial charge in [-0.25, -0.2) is 4.39 Å². The maximum Gasteiger partial charge on any atom is 0.151 e. The molecule has 3 nitrogen and oxygen atoms in total. The third-order valence-corrected chi connectivity index (χ3v) is 5.04. The number of hydrogen-bond acceptors (Lipinski definition) is 3. The maximum atomic E-state index is 13.1. The van der Waals surface area contributed by atoms with E-state index >= 15 is 0 Å². The third-order valence-electron chi connectivity index (χ3n) is 4.73. The highest BCUT2D eigenvalue weighted by molar-refractivity contribution is 6.33. The lowest BCUT2D eigenvalue weighted by atomic mass is 9.91. The highest BCUT2D eigenvalue weighted by Gasteiger charge is 2.43. The number of Topliss-reactive ketones (excluding diaryl/α,β-unsaturated/α-hetero) is 2. The standard InChI is InChI=1S/C20H18ClFO3/c1-3-11-9-16(23)19(20(11)24)18-15(21)8-13(10-17(18)25-2)12-4-6-14(22)7-5-12/h4-8,10-11,19H,3,9H2,1-2H3. The summed E-state index contributed by atoms with van der Waals surface area (Å²) in [5.74, 6) is -1.26. The summed E-state index contributed by atoms with van der Waals surface area (Å²) in [5.41, 5.74) is 1.93. The minimum Gasteiger partial charge on any atom is -0.496 e. The Labute approximate surface area is 150 Å². The Morgan fingerprint density at radius 1 is 1.16 bits per heavy atom. The van der Waals surface area contributed by atoms with E-state index < -0.39 is 5.92 Å². The molecule has 130 valence electrons. The van der Waals surface area contributed by atoms with Gasteiger partial charge < -0.3 is 4.74 Å². The quantitative estimate of drug-likeness (QED) is 0.735. The molecule has 0 saturated heterocycles. The molecular weight excluding hydrogens is 343 g/mol. The molecule has 0 radical (unpaired) electrons. The predicted molar refractivity (Wildman–Crippen MR) is 94.6 cm³/mol. The summed E-state index contributed by atoms with van der Waals surface area (Å²) in [7, 11) is 1.48. The molecule has 2 unspecified atom stereocenters. The van der Waals surface area contributed by atoms with Gasteiger partial charge in [-0.2, -0.15) is 0 Å². The highest BCUT2D eigenvalue weighted by atomic mass is 35.5. The fourth-order valence-corrected chi connectivity index (χ4v) is 3.67. The van der Waals surface area contributed by atoms with Gasteiger partial charge in [0.15, 0.2) is 5.78 Å². The Morgan fingerprint density at radius 2 is 1.84 bits per heavy atom. The number of halogens is 2. The van der Waals surface area contributed by atoms with Crippen molar-refractivity contribution in [1.29, 1.82) is 0 Å². The van der Waals surface area contributed by atoms with Crippen molar-refractivity contribution in [2.45, 2.75) is 25.7 Å². The summed E-state index contributed by atoms with van der Waals surface area (Å²) >= 11 is 6.44. The average molecular weight is 361 g/mol. The number of carbonyl (C=O) groups excluding carboxylic acids is 2. The van der Waals surface area contributed by atoms with Crippen LogP contribution in [0.5, 0.6) is 5.75 Å². The molecule has 0 heterocycles. The lowest BCUT2D eigenvalue weighted by Gasteiger charge is -2.17. The second kappa shape index (κ2) is 6.96. The maximum absolute atomic E-state index is 13.1. The first-order chi connectivity index (χ1) is 12.0. The van der Waals surface area contributed by atoms with Crippen LogP contribution in [0.15, 0.2) is 36.4 Å². The van der Waals surface area contributed by atoms with Gasteiger partial charge in [-0.3, -0.25) is 9.59 Å². The van der Waals surface area contributed by atoms with Crippen LogP contribution in [0.25, 0.3) is 11.1 Å². The molecule has 1 aliphatic carbocycles. The molecule has 0 aliphatic heterocycles. The molecule has 1 saturated carbocycles. The Morgan fingerprint density at radius 3 is 2.40 bits per heavy atom. The second-order valence-corrected chi connectivity index (χ2v) is 6.60. The Balaban J connectivity index is 2.08. The van der Waals surface area contributed by atoms with Crippen LogP contribution in [0.1, 0.15) is 31.2 Å². The van der Waals surface area contributed by atoms with E-state index in [-0.39, 0.29) is 29.7 Å². The van der Waals surface area contributed by atoms with Gasteiger partial charge in [-0.1, -0.05) is 30.7 Å². The van der Waals surface area contributed by atoms with Crippen molar-refractivity contribution in [3.63, 3.8) is 0 Å². The number of benzene rings is 2. The minimum atomic E-state index is -0.866. The monoisotopic (exact) mass is 360 g/mol. The molecule has 2 aromatic rings. The van der Waals surface area contributed by atoms with Gasteiger partial charge in [0.2, 0.25) is 0 Å².